The SMILES string of the molecule is CNCc1ccc(COC2CCCCCC2)c(Br)c1. The van der Waals surface area contributed by atoms with Crippen LogP contribution in [0.4, 0.5) is 0 Å². The Labute approximate surface area is 125 Å². The fourth-order valence-electron chi connectivity index (χ4n) is 2.64. The summed E-state index contributed by atoms with van der Waals surface area (Å²) in [5.41, 5.74) is 2.55. The number of rotatable bonds is 5. The van der Waals surface area contributed by atoms with Gasteiger partial charge in [0.1, 0.15) is 0 Å². The highest BCUT2D eigenvalue weighted by Gasteiger charge is 2.13. The highest BCUT2D eigenvalue weighted by Crippen LogP contribution is 2.24. The van der Waals surface area contributed by atoms with Crippen LogP contribution in [0, 0.1) is 0 Å². The number of ether oxygens (including phenoxy) is 1. The van der Waals surface area contributed by atoms with Crippen molar-refractivity contribution in [2.75, 3.05) is 7.05 Å². The van der Waals surface area contributed by atoms with Gasteiger partial charge in [0.05, 0.1) is 12.7 Å². The molecule has 2 nitrogen and oxygen atoms in total. The molecule has 1 aliphatic carbocycles. The van der Waals surface area contributed by atoms with Crippen LogP contribution in [0.15, 0.2) is 22.7 Å². The molecular formula is C16H24BrNO. The van der Waals surface area contributed by atoms with Crippen molar-refractivity contribution in [1.29, 1.82) is 0 Å². The first-order chi connectivity index (χ1) is 9.29. The minimum atomic E-state index is 0.464. The number of hydrogen-bond acceptors (Lipinski definition) is 2. The summed E-state index contributed by atoms with van der Waals surface area (Å²) in [5.74, 6) is 0. The lowest BCUT2D eigenvalue weighted by molar-refractivity contribution is 0.0307. The third-order valence-electron chi connectivity index (χ3n) is 3.78. The monoisotopic (exact) mass is 325 g/mol. The van der Waals surface area contributed by atoms with Gasteiger partial charge in [0.15, 0.2) is 0 Å². The van der Waals surface area contributed by atoms with E-state index >= 15 is 0 Å². The van der Waals surface area contributed by atoms with Gasteiger partial charge in [-0.25, -0.2) is 0 Å². The van der Waals surface area contributed by atoms with Crippen molar-refractivity contribution in [1.82, 2.24) is 5.32 Å². The van der Waals surface area contributed by atoms with E-state index in [0.29, 0.717) is 6.10 Å². The predicted octanol–water partition coefficient (Wildman–Crippen LogP) is 4.41. The summed E-state index contributed by atoms with van der Waals surface area (Å²) < 4.78 is 7.25. The number of hydrogen-bond donors (Lipinski definition) is 1. The lowest BCUT2D eigenvalue weighted by Crippen LogP contribution is -2.12. The van der Waals surface area contributed by atoms with Gasteiger partial charge in [-0.3, -0.25) is 0 Å². The zero-order valence-corrected chi connectivity index (χ0v) is 13.3. The van der Waals surface area contributed by atoms with E-state index in [2.05, 4.69) is 39.4 Å². The Bertz CT molecular complexity index is 386. The summed E-state index contributed by atoms with van der Waals surface area (Å²) in [6.07, 6.45) is 8.33. The average Bonchev–Trinajstić information content (AvgIpc) is 2.67. The Kier molecular flexibility index (Phi) is 6.35. The van der Waals surface area contributed by atoms with Gasteiger partial charge in [-0.15, -0.1) is 0 Å². The molecule has 1 N–H and O–H groups in total. The molecule has 0 spiro atoms. The molecule has 19 heavy (non-hydrogen) atoms. The summed E-state index contributed by atoms with van der Waals surface area (Å²) in [5, 5.41) is 3.17. The Balaban J connectivity index is 1.87. The van der Waals surface area contributed by atoms with Crippen LogP contribution in [0.1, 0.15) is 49.7 Å². The number of halogens is 1. The molecule has 0 amide bonds. The van der Waals surface area contributed by atoms with Crippen molar-refractivity contribution < 1.29 is 4.74 Å². The van der Waals surface area contributed by atoms with Gasteiger partial charge in [0.25, 0.3) is 0 Å². The van der Waals surface area contributed by atoms with Crippen molar-refractivity contribution in [2.45, 2.75) is 57.8 Å². The Morgan fingerprint density at radius 3 is 2.58 bits per heavy atom. The van der Waals surface area contributed by atoms with Crippen LogP contribution >= 0.6 is 15.9 Å². The van der Waals surface area contributed by atoms with Gasteiger partial charge in [-0.2, -0.15) is 0 Å². The molecule has 106 valence electrons. The maximum Gasteiger partial charge on any atom is 0.0731 e. The first-order valence-corrected chi connectivity index (χ1v) is 8.12. The lowest BCUT2D eigenvalue weighted by Gasteiger charge is -2.16. The van der Waals surface area contributed by atoms with Crippen LogP contribution in [0.2, 0.25) is 0 Å². The second-order valence-electron chi connectivity index (χ2n) is 5.38. The molecule has 1 aliphatic rings. The maximum absolute atomic E-state index is 6.08. The van der Waals surface area contributed by atoms with Crippen molar-refractivity contribution in [3.8, 4) is 0 Å². The summed E-state index contributed by atoms with van der Waals surface area (Å²) in [4.78, 5) is 0. The highest BCUT2D eigenvalue weighted by atomic mass is 79.9. The molecule has 1 saturated carbocycles. The molecule has 2 rings (SSSR count). The highest BCUT2D eigenvalue weighted by molar-refractivity contribution is 9.10. The van der Waals surface area contributed by atoms with Crippen molar-refractivity contribution in [3.05, 3.63) is 33.8 Å². The fraction of sp³-hybridized carbons (Fsp3) is 0.625. The van der Waals surface area contributed by atoms with Gasteiger partial charge in [0.2, 0.25) is 0 Å². The summed E-state index contributed by atoms with van der Waals surface area (Å²) in [7, 11) is 1.97. The van der Waals surface area contributed by atoms with Crippen LogP contribution < -0.4 is 5.32 Å². The first kappa shape index (κ1) is 15.0. The maximum atomic E-state index is 6.08. The summed E-state index contributed by atoms with van der Waals surface area (Å²) in [6, 6.07) is 6.53. The fourth-order valence-corrected chi connectivity index (χ4v) is 3.18. The molecule has 0 saturated heterocycles. The van der Waals surface area contributed by atoms with Crippen LogP contribution in [-0.4, -0.2) is 13.2 Å². The van der Waals surface area contributed by atoms with E-state index in [1.807, 2.05) is 7.05 Å². The molecule has 3 heteroatoms. The minimum absolute atomic E-state index is 0.464. The molecule has 1 fully saturated rings. The van der Waals surface area contributed by atoms with Crippen molar-refractivity contribution in [3.63, 3.8) is 0 Å². The van der Waals surface area contributed by atoms with Crippen LogP contribution in [0.25, 0.3) is 0 Å². The number of benzene rings is 1. The second-order valence-corrected chi connectivity index (χ2v) is 6.24. The zero-order chi connectivity index (χ0) is 13.5. The molecule has 0 heterocycles. The Hall–Kier alpha value is -0.380. The topological polar surface area (TPSA) is 21.3 Å². The Morgan fingerprint density at radius 2 is 1.95 bits per heavy atom. The Morgan fingerprint density at radius 1 is 1.21 bits per heavy atom. The standard InChI is InChI=1S/C16H24BrNO/c1-18-11-13-8-9-14(16(17)10-13)12-19-15-6-4-2-3-5-7-15/h8-10,15,18H,2-7,11-12H2,1H3. The zero-order valence-electron chi connectivity index (χ0n) is 11.8. The third-order valence-corrected chi connectivity index (χ3v) is 4.51. The van der Waals surface area contributed by atoms with Crippen molar-refractivity contribution in [2.24, 2.45) is 0 Å². The average molecular weight is 326 g/mol. The predicted molar refractivity (Wildman–Crippen MR) is 83.2 cm³/mol. The van der Waals surface area contributed by atoms with E-state index in [0.717, 1.165) is 17.6 Å². The van der Waals surface area contributed by atoms with Gasteiger partial charge in [0, 0.05) is 11.0 Å². The summed E-state index contributed by atoms with van der Waals surface area (Å²) >= 11 is 3.65. The molecule has 0 radical (unpaired) electrons. The normalized spacial score (nSPS) is 17.4. The van der Waals surface area contributed by atoms with E-state index < -0.39 is 0 Å². The van der Waals surface area contributed by atoms with E-state index in [1.54, 1.807) is 0 Å². The molecule has 1 aromatic rings. The van der Waals surface area contributed by atoms with Gasteiger partial charge in [-0.1, -0.05) is 53.7 Å². The molecule has 0 aliphatic heterocycles. The molecule has 0 atom stereocenters. The van der Waals surface area contributed by atoms with Gasteiger partial charge < -0.3 is 10.1 Å². The molecular weight excluding hydrogens is 302 g/mol. The number of nitrogens with one attached hydrogen (secondary N) is 1. The van der Waals surface area contributed by atoms with E-state index in [4.69, 9.17) is 4.74 Å². The van der Waals surface area contributed by atoms with Crippen LogP contribution in [0.5, 0.6) is 0 Å². The summed E-state index contributed by atoms with van der Waals surface area (Å²) in [6.45, 7) is 1.63. The van der Waals surface area contributed by atoms with Gasteiger partial charge >= 0.3 is 0 Å². The molecule has 0 aromatic heterocycles. The quantitative estimate of drug-likeness (QED) is 0.810. The molecule has 0 bridgehead atoms. The van der Waals surface area contributed by atoms with E-state index in [1.165, 1.54) is 49.7 Å². The van der Waals surface area contributed by atoms with Crippen LogP contribution in [0.3, 0.4) is 0 Å². The molecule has 0 unspecified atom stereocenters. The van der Waals surface area contributed by atoms with Crippen LogP contribution in [-0.2, 0) is 17.9 Å². The molecule has 1 aromatic carbocycles. The smallest absolute Gasteiger partial charge is 0.0731 e. The second kappa shape index (κ2) is 8.03. The van der Waals surface area contributed by atoms with Gasteiger partial charge in [-0.05, 0) is 37.1 Å². The van der Waals surface area contributed by atoms with E-state index in [9.17, 15) is 0 Å². The lowest BCUT2D eigenvalue weighted by atomic mass is 10.1. The largest absolute Gasteiger partial charge is 0.374 e. The van der Waals surface area contributed by atoms with Crippen molar-refractivity contribution >= 4 is 15.9 Å². The minimum Gasteiger partial charge on any atom is -0.374 e. The van der Waals surface area contributed by atoms with E-state index in [-0.39, 0.29) is 0 Å². The first-order valence-electron chi connectivity index (χ1n) is 7.33. The third kappa shape index (κ3) is 4.90.